The number of benzene rings is 3. The van der Waals surface area contributed by atoms with Crippen LogP contribution in [0.5, 0.6) is 0 Å². The third kappa shape index (κ3) is 2.43. The summed E-state index contributed by atoms with van der Waals surface area (Å²) in [5, 5.41) is 14.6. The van der Waals surface area contributed by atoms with Gasteiger partial charge in [0.05, 0.1) is 11.4 Å². The van der Waals surface area contributed by atoms with Crippen molar-refractivity contribution in [2.75, 3.05) is 4.90 Å². The molecular formula is C21H15ClN4OS. The van der Waals surface area contributed by atoms with Crippen LogP contribution in [0, 0.1) is 0 Å². The number of fused-ring (bicyclic) bond motifs is 2. The summed E-state index contributed by atoms with van der Waals surface area (Å²) in [6.07, 6.45) is 0. The first-order valence-corrected chi connectivity index (χ1v) is 9.50. The molecule has 0 bridgehead atoms. The Bertz CT molecular complexity index is 1110. The molecule has 138 valence electrons. The highest BCUT2D eigenvalue weighted by molar-refractivity contribution is 7.80. The molecule has 1 unspecified atom stereocenters. The van der Waals surface area contributed by atoms with Gasteiger partial charge in [-0.05, 0) is 42.5 Å². The molecule has 7 heteroatoms. The van der Waals surface area contributed by atoms with Crippen molar-refractivity contribution < 1.29 is 5.11 Å². The lowest BCUT2D eigenvalue weighted by molar-refractivity contribution is -0.0509. The van der Waals surface area contributed by atoms with Crippen LogP contribution in [0.4, 0.5) is 11.4 Å². The van der Waals surface area contributed by atoms with E-state index in [9.17, 15) is 5.11 Å². The molecule has 3 aromatic rings. The van der Waals surface area contributed by atoms with Gasteiger partial charge in [0.1, 0.15) is 0 Å². The Morgan fingerprint density at radius 2 is 1.64 bits per heavy atom. The summed E-state index contributed by atoms with van der Waals surface area (Å²) in [6.45, 7) is 0. The Kier molecular flexibility index (Phi) is 3.87. The highest BCUT2D eigenvalue weighted by Crippen LogP contribution is 2.45. The molecule has 0 spiro atoms. The number of hydrogen-bond donors (Lipinski definition) is 2. The van der Waals surface area contributed by atoms with Crippen molar-refractivity contribution in [3.63, 3.8) is 0 Å². The normalized spacial score (nSPS) is 20.4. The Morgan fingerprint density at radius 1 is 0.964 bits per heavy atom. The maximum Gasteiger partial charge on any atom is 0.235 e. The molecule has 2 heterocycles. The third-order valence-corrected chi connectivity index (χ3v) is 5.39. The van der Waals surface area contributed by atoms with Gasteiger partial charge in [-0.3, -0.25) is 10.3 Å². The maximum atomic E-state index is 12.0. The molecule has 0 amide bonds. The van der Waals surface area contributed by atoms with E-state index in [1.807, 2.05) is 60.7 Å². The van der Waals surface area contributed by atoms with Crippen molar-refractivity contribution in [1.82, 2.24) is 10.4 Å². The van der Waals surface area contributed by atoms with Crippen molar-refractivity contribution in [2.45, 2.75) is 5.72 Å². The molecule has 0 aromatic heterocycles. The van der Waals surface area contributed by atoms with E-state index in [0.717, 1.165) is 5.69 Å². The van der Waals surface area contributed by atoms with Crippen LogP contribution in [0.25, 0.3) is 0 Å². The van der Waals surface area contributed by atoms with Crippen molar-refractivity contribution in [1.29, 1.82) is 0 Å². The highest BCUT2D eigenvalue weighted by atomic mass is 35.5. The fourth-order valence-electron chi connectivity index (χ4n) is 3.59. The average molecular weight is 407 g/mol. The number of thiocarbonyl (C=S) groups is 1. The van der Waals surface area contributed by atoms with E-state index in [1.165, 1.54) is 0 Å². The van der Waals surface area contributed by atoms with Gasteiger partial charge in [-0.1, -0.05) is 60.1 Å². The molecule has 2 aliphatic heterocycles. The Labute approximate surface area is 172 Å². The predicted octanol–water partition coefficient (Wildman–Crippen LogP) is 4.15. The van der Waals surface area contributed by atoms with Gasteiger partial charge < -0.3 is 5.11 Å². The maximum absolute atomic E-state index is 12.0. The van der Waals surface area contributed by atoms with E-state index in [1.54, 1.807) is 28.1 Å². The average Bonchev–Trinajstić information content (AvgIpc) is 3.06. The molecule has 1 atom stereocenters. The minimum absolute atomic E-state index is 0.429. The lowest BCUT2D eigenvalue weighted by Crippen LogP contribution is -2.55. The van der Waals surface area contributed by atoms with E-state index in [-0.39, 0.29) is 0 Å². The monoisotopic (exact) mass is 406 g/mol. The molecule has 3 aromatic carbocycles. The van der Waals surface area contributed by atoms with Gasteiger partial charge in [-0.2, -0.15) is 0 Å². The van der Waals surface area contributed by atoms with Crippen LogP contribution < -0.4 is 10.3 Å². The first-order valence-electron chi connectivity index (χ1n) is 8.71. The summed E-state index contributed by atoms with van der Waals surface area (Å²) < 4.78 is 0. The summed E-state index contributed by atoms with van der Waals surface area (Å²) in [4.78, 5) is 6.58. The number of para-hydroxylation sites is 1. The molecule has 1 fully saturated rings. The number of aliphatic hydroxyl groups is 1. The highest BCUT2D eigenvalue weighted by Gasteiger charge is 2.51. The van der Waals surface area contributed by atoms with Crippen molar-refractivity contribution in [2.24, 2.45) is 4.99 Å². The smallest absolute Gasteiger partial charge is 0.235 e. The zero-order valence-corrected chi connectivity index (χ0v) is 16.2. The van der Waals surface area contributed by atoms with Gasteiger partial charge in [0, 0.05) is 16.1 Å². The van der Waals surface area contributed by atoms with Crippen LogP contribution in [0.15, 0.2) is 83.9 Å². The summed E-state index contributed by atoms with van der Waals surface area (Å²) in [6, 6.07) is 24.4. The Hall–Kier alpha value is -2.93. The molecule has 1 saturated heterocycles. The summed E-state index contributed by atoms with van der Waals surface area (Å²) >= 11 is 11.8. The molecule has 0 radical (unpaired) electrons. The summed E-state index contributed by atoms with van der Waals surface area (Å²) in [5.74, 6) is 0.498. The first kappa shape index (κ1) is 17.2. The van der Waals surface area contributed by atoms with Gasteiger partial charge in [0.25, 0.3) is 0 Å². The number of nitrogens with one attached hydrogen (secondary N) is 1. The molecule has 2 N–H and O–H groups in total. The number of anilines is 1. The van der Waals surface area contributed by atoms with E-state index in [0.29, 0.717) is 32.9 Å². The second-order valence-corrected chi connectivity index (χ2v) is 7.36. The van der Waals surface area contributed by atoms with E-state index < -0.39 is 5.72 Å². The second kappa shape index (κ2) is 6.31. The quantitative estimate of drug-likeness (QED) is 0.626. The second-order valence-electron chi connectivity index (χ2n) is 6.53. The minimum Gasteiger partial charge on any atom is -0.362 e. The number of halogens is 1. The van der Waals surface area contributed by atoms with E-state index in [2.05, 4.69) is 5.43 Å². The number of hydrazine groups is 1. The van der Waals surface area contributed by atoms with Crippen LogP contribution in [0.1, 0.15) is 11.1 Å². The van der Waals surface area contributed by atoms with Crippen LogP contribution in [-0.4, -0.2) is 21.2 Å². The number of aliphatic imine (C=N–C) groups is 1. The van der Waals surface area contributed by atoms with Gasteiger partial charge in [0.2, 0.25) is 11.7 Å². The largest absolute Gasteiger partial charge is 0.362 e. The van der Waals surface area contributed by atoms with Crippen molar-refractivity contribution >= 4 is 46.3 Å². The fourth-order valence-corrected chi connectivity index (χ4v) is 4.04. The SMILES string of the molecule is OC1(c2ccccc2)c2cc(Cl)ccc2N=C2N(c3ccccc3)C(=S)NN21. The molecule has 5 nitrogen and oxygen atoms in total. The third-order valence-electron chi connectivity index (χ3n) is 4.88. The standard InChI is InChI=1S/C21H15ClN4OS/c22-15-11-12-18-17(13-15)21(27,14-7-3-1-4-8-14)26-19(23-18)25(20(28)24-26)16-9-5-2-6-10-16/h1-13,27H,(H,24,28). The zero-order valence-electron chi connectivity index (χ0n) is 14.6. The van der Waals surface area contributed by atoms with Crippen molar-refractivity contribution in [3.05, 3.63) is 95.0 Å². The minimum atomic E-state index is -1.54. The van der Waals surface area contributed by atoms with Crippen molar-refractivity contribution in [3.8, 4) is 0 Å². The summed E-state index contributed by atoms with van der Waals surface area (Å²) in [7, 11) is 0. The number of guanidine groups is 1. The number of nitrogens with zero attached hydrogens (tertiary/aromatic N) is 3. The molecule has 0 aliphatic carbocycles. The Morgan fingerprint density at radius 3 is 2.36 bits per heavy atom. The first-order chi connectivity index (χ1) is 13.6. The molecule has 5 rings (SSSR count). The summed E-state index contributed by atoms with van der Waals surface area (Å²) in [5.41, 5.74) is 4.33. The fraction of sp³-hybridized carbons (Fsp3) is 0.0476. The molecule has 2 aliphatic rings. The molecule has 0 saturated carbocycles. The molecule has 28 heavy (non-hydrogen) atoms. The topological polar surface area (TPSA) is 51.1 Å². The Balaban J connectivity index is 1.76. The predicted molar refractivity (Wildman–Crippen MR) is 114 cm³/mol. The van der Waals surface area contributed by atoms with E-state index in [4.69, 9.17) is 28.8 Å². The lowest BCUT2D eigenvalue weighted by atomic mass is 9.91. The lowest BCUT2D eigenvalue weighted by Gasteiger charge is -2.41. The molecular weight excluding hydrogens is 392 g/mol. The zero-order chi connectivity index (χ0) is 19.3. The van der Waals surface area contributed by atoms with Gasteiger partial charge in [-0.25, -0.2) is 10.0 Å². The number of rotatable bonds is 2. The van der Waals surface area contributed by atoms with Gasteiger partial charge >= 0.3 is 0 Å². The van der Waals surface area contributed by atoms with Crippen LogP contribution in [-0.2, 0) is 5.72 Å². The van der Waals surface area contributed by atoms with Crippen LogP contribution >= 0.6 is 23.8 Å². The van der Waals surface area contributed by atoms with Gasteiger partial charge in [-0.15, -0.1) is 0 Å². The van der Waals surface area contributed by atoms with E-state index >= 15 is 0 Å². The van der Waals surface area contributed by atoms with Crippen LogP contribution in [0.2, 0.25) is 5.02 Å². The van der Waals surface area contributed by atoms with Crippen LogP contribution in [0.3, 0.4) is 0 Å². The number of hydrogen-bond acceptors (Lipinski definition) is 4. The van der Waals surface area contributed by atoms with Gasteiger partial charge in [0.15, 0.2) is 5.11 Å².